The van der Waals surface area contributed by atoms with Gasteiger partial charge in [-0.05, 0) is 50.2 Å². The Bertz CT molecular complexity index is 1150. The van der Waals surface area contributed by atoms with Crippen molar-refractivity contribution >= 4 is 27.5 Å². The zero-order valence-electron chi connectivity index (χ0n) is 18.1. The van der Waals surface area contributed by atoms with Gasteiger partial charge in [-0.25, -0.2) is 23.4 Å². The number of aryl methyl sites for hydroxylation is 1. The first-order valence-electron chi connectivity index (χ1n) is 10.5. The minimum atomic E-state index is -3.56. The van der Waals surface area contributed by atoms with Gasteiger partial charge in [0.15, 0.2) is 0 Å². The van der Waals surface area contributed by atoms with Crippen LogP contribution in [0.5, 0.6) is 5.75 Å². The van der Waals surface area contributed by atoms with E-state index in [4.69, 9.17) is 4.74 Å². The van der Waals surface area contributed by atoms with Crippen molar-refractivity contribution in [2.24, 2.45) is 0 Å². The van der Waals surface area contributed by atoms with Crippen LogP contribution >= 0.6 is 0 Å². The maximum absolute atomic E-state index is 13.0. The Kier molecular flexibility index (Phi) is 6.52. The summed E-state index contributed by atoms with van der Waals surface area (Å²) in [7, 11) is -3.56. The number of nitrogens with one attached hydrogen (secondary N) is 1. The zero-order valence-corrected chi connectivity index (χ0v) is 18.9. The van der Waals surface area contributed by atoms with Gasteiger partial charge in [0.05, 0.1) is 11.5 Å². The van der Waals surface area contributed by atoms with Crippen LogP contribution in [0.1, 0.15) is 12.7 Å². The molecule has 1 fully saturated rings. The molecule has 0 radical (unpaired) electrons. The Morgan fingerprint density at radius 3 is 2.41 bits per heavy atom. The summed E-state index contributed by atoms with van der Waals surface area (Å²) >= 11 is 0. The van der Waals surface area contributed by atoms with Crippen molar-refractivity contribution in [3.8, 4) is 5.75 Å². The lowest BCUT2D eigenvalue weighted by atomic mass is 10.3. The van der Waals surface area contributed by atoms with Crippen LogP contribution in [-0.4, -0.2) is 60.5 Å². The highest BCUT2D eigenvalue weighted by Crippen LogP contribution is 2.24. The third-order valence-electron chi connectivity index (χ3n) is 5.08. The van der Waals surface area contributed by atoms with Gasteiger partial charge < -0.3 is 15.0 Å². The summed E-state index contributed by atoms with van der Waals surface area (Å²) in [4.78, 5) is 15.6. The molecule has 3 aromatic rings. The summed E-state index contributed by atoms with van der Waals surface area (Å²) in [6, 6.07) is 14.0. The molecule has 3 heterocycles. The van der Waals surface area contributed by atoms with Crippen LogP contribution in [0.3, 0.4) is 0 Å². The predicted octanol–water partition coefficient (Wildman–Crippen LogP) is 2.83. The number of sulfonamides is 1. The topological polar surface area (TPSA) is 101 Å². The van der Waals surface area contributed by atoms with Crippen LogP contribution in [-0.2, 0) is 10.0 Å². The number of rotatable bonds is 7. The average Bonchev–Trinajstić information content (AvgIpc) is 2.80. The van der Waals surface area contributed by atoms with Crippen LogP contribution in [0.15, 0.2) is 59.6 Å². The van der Waals surface area contributed by atoms with Crippen molar-refractivity contribution in [2.75, 3.05) is 43.0 Å². The lowest BCUT2D eigenvalue weighted by Crippen LogP contribution is -2.49. The standard InChI is InChI=1S/C22H26N6O3S/c1-3-31-18-7-9-19(10-8-18)32(29,30)28-14-12-27(13-15-28)22-16-21(24-17(2)25-22)26-20-6-4-5-11-23-20/h4-11,16H,3,12-15H2,1-2H3,(H,23,24,25,26). The van der Waals surface area contributed by atoms with Crippen molar-refractivity contribution in [1.29, 1.82) is 0 Å². The Morgan fingerprint density at radius 1 is 1.00 bits per heavy atom. The molecule has 9 nitrogen and oxygen atoms in total. The van der Waals surface area contributed by atoms with Crippen molar-refractivity contribution in [1.82, 2.24) is 19.3 Å². The van der Waals surface area contributed by atoms with Gasteiger partial charge >= 0.3 is 0 Å². The SMILES string of the molecule is CCOc1ccc(S(=O)(=O)N2CCN(c3cc(Nc4ccccn4)nc(C)n3)CC2)cc1. The predicted molar refractivity (Wildman–Crippen MR) is 123 cm³/mol. The number of piperazine rings is 1. The van der Waals surface area contributed by atoms with Crippen molar-refractivity contribution < 1.29 is 13.2 Å². The fourth-order valence-corrected chi connectivity index (χ4v) is 4.95. The number of aromatic nitrogens is 3. The number of benzene rings is 1. The van der Waals surface area contributed by atoms with Gasteiger partial charge in [0.2, 0.25) is 10.0 Å². The van der Waals surface area contributed by atoms with Gasteiger partial charge in [0.1, 0.15) is 29.0 Å². The molecule has 1 saturated heterocycles. The van der Waals surface area contributed by atoms with E-state index >= 15 is 0 Å². The highest BCUT2D eigenvalue weighted by molar-refractivity contribution is 7.89. The molecule has 4 rings (SSSR count). The van der Waals surface area contributed by atoms with Gasteiger partial charge in [-0.1, -0.05) is 6.07 Å². The Hall–Kier alpha value is -3.24. The molecular weight excluding hydrogens is 428 g/mol. The fourth-order valence-electron chi connectivity index (χ4n) is 3.53. The molecular formula is C22H26N6O3S. The normalized spacial score (nSPS) is 14.9. The van der Waals surface area contributed by atoms with Gasteiger partial charge in [0, 0.05) is 38.4 Å². The van der Waals surface area contributed by atoms with Crippen LogP contribution in [0, 0.1) is 6.92 Å². The molecule has 10 heteroatoms. The molecule has 1 N–H and O–H groups in total. The van der Waals surface area contributed by atoms with E-state index in [9.17, 15) is 8.42 Å². The summed E-state index contributed by atoms with van der Waals surface area (Å²) in [5.74, 6) is 3.39. The molecule has 0 saturated carbocycles. The third-order valence-corrected chi connectivity index (χ3v) is 6.99. The van der Waals surface area contributed by atoms with E-state index < -0.39 is 10.0 Å². The molecule has 0 aliphatic carbocycles. The molecule has 32 heavy (non-hydrogen) atoms. The van der Waals surface area contributed by atoms with E-state index in [2.05, 4.69) is 25.2 Å². The quantitative estimate of drug-likeness (QED) is 0.582. The van der Waals surface area contributed by atoms with Gasteiger partial charge in [-0.3, -0.25) is 0 Å². The summed E-state index contributed by atoms with van der Waals surface area (Å²) in [6.45, 7) is 6.09. The molecule has 0 atom stereocenters. The lowest BCUT2D eigenvalue weighted by molar-refractivity contribution is 0.340. The second-order valence-electron chi connectivity index (χ2n) is 7.29. The second-order valence-corrected chi connectivity index (χ2v) is 9.23. The lowest BCUT2D eigenvalue weighted by Gasteiger charge is -2.34. The maximum atomic E-state index is 13.0. The smallest absolute Gasteiger partial charge is 0.243 e. The Labute approximate surface area is 188 Å². The second kappa shape index (κ2) is 9.49. The first kappa shape index (κ1) is 22.0. The summed E-state index contributed by atoms with van der Waals surface area (Å²) in [5, 5.41) is 3.19. The van der Waals surface area contributed by atoms with E-state index in [1.165, 1.54) is 4.31 Å². The molecule has 168 valence electrons. The number of ether oxygens (including phenoxy) is 1. The first-order valence-corrected chi connectivity index (χ1v) is 11.9. The largest absolute Gasteiger partial charge is 0.494 e. The Balaban J connectivity index is 1.44. The minimum Gasteiger partial charge on any atom is -0.494 e. The van der Waals surface area contributed by atoms with E-state index in [1.54, 1.807) is 30.5 Å². The van der Waals surface area contributed by atoms with E-state index in [1.807, 2.05) is 38.1 Å². The van der Waals surface area contributed by atoms with Crippen LogP contribution in [0.2, 0.25) is 0 Å². The fraction of sp³-hybridized carbons (Fsp3) is 0.318. The Morgan fingerprint density at radius 2 is 1.75 bits per heavy atom. The summed E-state index contributed by atoms with van der Waals surface area (Å²) < 4.78 is 33.0. The number of hydrogen-bond donors (Lipinski definition) is 1. The molecule has 0 bridgehead atoms. The number of pyridine rings is 1. The molecule has 1 aliphatic heterocycles. The van der Waals surface area contributed by atoms with Crippen molar-refractivity contribution in [2.45, 2.75) is 18.7 Å². The highest BCUT2D eigenvalue weighted by atomic mass is 32.2. The molecule has 1 aliphatic rings. The van der Waals surface area contributed by atoms with E-state index in [0.717, 1.165) is 5.82 Å². The molecule has 0 spiro atoms. The van der Waals surface area contributed by atoms with Crippen LogP contribution < -0.4 is 15.0 Å². The monoisotopic (exact) mass is 454 g/mol. The van der Waals surface area contributed by atoms with Crippen LogP contribution in [0.4, 0.5) is 17.5 Å². The number of hydrogen-bond acceptors (Lipinski definition) is 8. The third kappa shape index (κ3) is 4.97. The molecule has 0 unspecified atom stereocenters. The van der Waals surface area contributed by atoms with Gasteiger partial charge in [0.25, 0.3) is 0 Å². The minimum absolute atomic E-state index is 0.272. The van der Waals surface area contributed by atoms with E-state index in [0.29, 0.717) is 56.0 Å². The summed E-state index contributed by atoms with van der Waals surface area (Å²) in [5.41, 5.74) is 0. The number of nitrogens with zero attached hydrogens (tertiary/aromatic N) is 5. The zero-order chi connectivity index (χ0) is 22.6. The first-order chi connectivity index (χ1) is 15.5. The summed E-state index contributed by atoms with van der Waals surface area (Å²) in [6.07, 6.45) is 1.71. The highest BCUT2D eigenvalue weighted by Gasteiger charge is 2.29. The van der Waals surface area contributed by atoms with E-state index in [-0.39, 0.29) is 4.90 Å². The molecule has 0 amide bonds. The maximum Gasteiger partial charge on any atom is 0.243 e. The van der Waals surface area contributed by atoms with Crippen molar-refractivity contribution in [3.63, 3.8) is 0 Å². The number of anilines is 3. The molecule has 1 aromatic carbocycles. The van der Waals surface area contributed by atoms with Crippen molar-refractivity contribution in [3.05, 3.63) is 60.6 Å². The average molecular weight is 455 g/mol. The van der Waals surface area contributed by atoms with Gasteiger partial charge in [-0.15, -0.1) is 0 Å². The molecule has 2 aromatic heterocycles. The van der Waals surface area contributed by atoms with Crippen LogP contribution in [0.25, 0.3) is 0 Å². The van der Waals surface area contributed by atoms with Gasteiger partial charge in [-0.2, -0.15) is 4.31 Å².